The van der Waals surface area contributed by atoms with Crippen LogP contribution in [0.15, 0.2) is 30.6 Å². The SMILES string of the molecule is CC(C)n1cnc2cc(-c3ccc4c(c3)N(C3CC(N5CCCCC5)C3)C(=O)C43CCN(SC4CCNCC4)CC3)nc(NC3CC3)c21. The Labute approximate surface area is 289 Å². The molecule has 48 heavy (non-hydrogen) atoms. The van der Waals surface area contributed by atoms with Crippen LogP contribution in [0.3, 0.4) is 0 Å². The van der Waals surface area contributed by atoms with Crippen LogP contribution in [-0.4, -0.2) is 92.3 Å². The Morgan fingerprint density at radius 1 is 0.958 bits per heavy atom. The minimum Gasteiger partial charge on any atom is -0.366 e. The summed E-state index contributed by atoms with van der Waals surface area (Å²) in [7, 11) is 0. The number of piperidine rings is 3. The van der Waals surface area contributed by atoms with Crippen LogP contribution < -0.4 is 15.5 Å². The first-order valence-corrected chi connectivity index (χ1v) is 19.8. The van der Waals surface area contributed by atoms with Crippen molar-refractivity contribution in [2.24, 2.45) is 0 Å². The van der Waals surface area contributed by atoms with E-state index >= 15 is 0 Å². The minimum absolute atomic E-state index is 0.282. The smallest absolute Gasteiger partial charge is 0.238 e. The Morgan fingerprint density at radius 3 is 2.46 bits per heavy atom. The molecule has 9 nitrogen and oxygen atoms in total. The molecule has 1 aromatic carbocycles. The number of fused-ring (bicyclic) bond motifs is 3. The van der Waals surface area contributed by atoms with Crippen molar-refractivity contribution in [3.63, 3.8) is 0 Å². The first kappa shape index (κ1) is 31.3. The van der Waals surface area contributed by atoms with E-state index in [0.29, 0.717) is 29.3 Å². The maximum absolute atomic E-state index is 14.9. The highest BCUT2D eigenvalue weighted by Crippen LogP contribution is 2.53. The summed E-state index contributed by atoms with van der Waals surface area (Å²) in [6.07, 6.45) is 14.8. The van der Waals surface area contributed by atoms with E-state index in [1.165, 1.54) is 63.6 Å². The third kappa shape index (κ3) is 5.55. The van der Waals surface area contributed by atoms with Gasteiger partial charge in [0.2, 0.25) is 5.91 Å². The Hall–Kier alpha value is -2.66. The number of nitrogens with one attached hydrogen (secondary N) is 2. The van der Waals surface area contributed by atoms with E-state index < -0.39 is 5.41 Å². The number of pyridine rings is 1. The van der Waals surface area contributed by atoms with Crippen molar-refractivity contribution in [2.45, 2.75) is 119 Å². The van der Waals surface area contributed by atoms with Gasteiger partial charge in [-0.2, -0.15) is 0 Å². The Balaban J connectivity index is 1.04. The third-order valence-corrected chi connectivity index (χ3v) is 13.7. The van der Waals surface area contributed by atoms with Crippen LogP contribution in [-0.2, 0) is 10.2 Å². The monoisotopic (exact) mass is 668 g/mol. The largest absolute Gasteiger partial charge is 0.366 e. The van der Waals surface area contributed by atoms with Gasteiger partial charge in [0.15, 0.2) is 5.82 Å². The Morgan fingerprint density at radius 2 is 1.73 bits per heavy atom. The van der Waals surface area contributed by atoms with Crippen LogP contribution in [0.1, 0.15) is 96.1 Å². The van der Waals surface area contributed by atoms with Gasteiger partial charge in [0, 0.05) is 53.8 Å². The summed E-state index contributed by atoms with van der Waals surface area (Å²) in [4.78, 5) is 29.9. The van der Waals surface area contributed by atoms with E-state index in [1.54, 1.807) is 0 Å². The van der Waals surface area contributed by atoms with Crippen LogP contribution in [0.2, 0.25) is 0 Å². The van der Waals surface area contributed by atoms with E-state index in [0.717, 1.165) is 85.7 Å². The number of benzene rings is 1. The summed E-state index contributed by atoms with van der Waals surface area (Å²) in [6.45, 7) is 11.0. The predicted molar refractivity (Wildman–Crippen MR) is 196 cm³/mol. The number of aromatic nitrogens is 3. The number of carbonyl (C=O) groups is 1. The van der Waals surface area contributed by atoms with Crippen molar-refractivity contribution in [1.29, 1.82) is 0 Å². The highest BCUT2D eigenvalue weighted by molar-refractivity contribution is 7.97. The van der Waals surface area contributed by atoms with Crippen molar-refractivity contribution in [1.82, 2.24) is 29.1 Å². The predicted octanol–water partition coefficient (Wildman–Crippen LogP) is 6.35. The number of hydrogen-bond acceptors (Lipinski definition) is 8. The minimum atomic E-state index is -0.415. The molecule has 1 amide bonds. The van der Waals surface area contributed by atoms with E-state index in [1.807, 2.05) is 6.33 Å². The second kappa shape index (κ2) is 12.6. The van der Waals surface area contributed by atoms with Gasteiger partial charge in [0.05, 0.1) is 23.0 Å². The molecule has 6 heterocycles. The number of anilines is 2. The van der Waals surface area contributed by atoms with E-state index in [4.69, 9.17) is 9.97 Å². The Bertz CT molecular complexity index is 1660. The average molecular weight is 669 g/mol. The fourth-order valence-corrected chi connectivity index (χ4v) is 10.4. The summed E-state index contributed by atoms with van der Waals surface area (Å²) in [5.74, 6) is 1.29. The van der Waals surface area contributed by atoms with Crippen LogP contribution in [0.4, 0.5) is 11.5 Å². The van der Waals surface area contributed by atoms with Crippen LogP contribution >= 0.6 is 11.9 Å². The molecular formula is C38H52N8OS. The van der Waals surface area contributed by atoms with E-state index in [2.05, 4.69) is 79.4 Å². The van der Waals surface area contributed by atoms with Crippen molar-refractivity contribution >= 4 is 40.4 Å². The molecule has 256 valence electrons. The summed E-state index contributed by atoms with van der Waals surface area (Å²) in [6, 6.07) is 10.7. The average Bonchev–Trinajstić information content (AvgIpc) is 3.75. The Kier molecular flexibility index (Phi) is 8.22. The molecule has 3 saturated heterocycles. The van der Waals surface area contributed by atoms with Crippen molar-refractivity contribution in [2.75, 3.05) is 49.5 Å². The highest BCUT2D eigenvalue weighted by atomic mass is 32.2. The van der Waals surface area contributed by atoms with Gasteiger partial charge in [-0.3, -0.25) is 9.10 Å². The molecule has 3 aromatic rings. The summed E-state index contributed by atoms with van der Waals surface area (Å²) in [5, 5.41) is 7.92. The lowest BCUT2D eigenvalue weighted by Gasteiger charge is -2.48. The molecule has 5 fully saturated rings. The fourth-order valence-electron chi connectivity index (χ4n) is 9.15. The van der Waals surface area contributed by atoms with E-state index in [-0.39, 0.29) is 6.04 Å². The summed E-state index contributed by atoms with van der Waals surface area (Å²) in [5.41, 5.74) is 6.06. The van der Waals surface area contributed by atoms with Crippen molar-refractivity contribution in [3.05, 3.63) is 36.2 Å². The third-order valence-electron chi connectivity index (χ3n) is 12.2. The second-order valence-electron chi connectivity index (χ2n) is 15.7. The first-order valence-electron chi connectivity index (χ1n) is 19.0. The standard InChI is InChI=1S/C38H52N8OS/c1-25(2)45-24-40-33-23-32(42-36(35(33)45)41-27-7-8-27)26-6-9-31-34(20-26)46(29-21-28(22-29)43-16-4-3-5-17-43)37(47)38(31)12-18-44(19-13-38)48-30-10-14-39-15-11-30/h6,9,20,23-25,27-30,39H,3-5,7-8,10-19,21-22H2,1-2H3,(H,41,42). The number of rotatable bonds is 8. The van der Waals surface area contributed by atoms with Crippen molar-refractivity contribution < 1.29 is 4.79 Å². The number of nitrogens with zero attached hydrogens (tertiary/aromatic N) is 6. The molecule has 2 N–H and O–H groups in total. The normalized spacial score (nSPS) is 26.8. The molecule has 0 radical (unpaired) electrons. The molecule has 0 unspecified atom stereocenters. The van der Waals surface area contributed by atoms with Crippen LogP contribution in [0, 0.1) is 0 Å². The van der Waals surface area contributed by atoms with Gasteiger partial charge in [0.1, 0.15) is 5.52 Å². The van der Waals surface area contributed by atoms with Gasteiger partial charge in [-0.1, -0.05) is 30.5 Å². The zero-order valence-electron chi connectivity index (χ0n) is 28.8. The fraction of sp³-hybridized carbons (Fsp3) is 0.658. The van der Waals surface area contributed by atoms with E-state index in [9.17, 15) is 4.79 Å². The van der Waals surface area contributed by atoms with Gasteiger partial charge >= 0.3 is 0 Å². The molecule has 1 spiro atoms. The number of hydrogen-bond donors (Lipinski definition) is 2. The van der Waals surface area contributed by atoms with Crippen LogP contribution in [0.5, 0.6) is 0 Å². The molecule has 2 aliphatic carbocycles. The molecule has 6 aliphatic rings. The molecule has 0 atom stereocenters. The van der Waals surface area contributed by atoms with Gasteiger partial charge in [-0.05, 0) is 122 Å². The van der Waals surface area contributed by atoms with Gasteiger partial charge < -0.3 is 25.0 Å². The maximum Gasteiger partial charge on any atom is 0.238 e. The summed E-state index contributed by atoms with van der Waals surface area (Å²) >= 11 is 2.06. The highest BCUT2D eigenvalue weighted by Gasteiger charge is 2.55. The number of amides is 1. The maximum atomic E-state index is 14.9. The number of imidazole rings is 1. The molecule has 10 heteroatoms. The molecule has 0 bridgehead atoms. The zero-order valence-corrected chi connectivity index (χ0v) is 29.6. The lowest BCUT2D eigenvalue weighted by atomic mass is 9.73. The molecule has 9 rings (SSSR count). The molecular weight excluding hydrogens is 617 g/mol. The van der Waals surface area contributed by atoms with Gasteiger partial charge in [0.25, 0.3) is 0 Å². The lowest BCUT2D eigenvalue weighted by Crippen LogP contribution is -2.58. The van der Waals surface area contributed by atoms with Gasteiger partial charge in [-0.15, -0.1) is 0 Å². The quantitative estimate of drug-likeness (QED) is 0.269. The summed E-state index contributed by atoms with van der Waals surface area (Å²) < 4.78 is 4.81. The van der Waals surface area contributed by atoms with Crippen molar-refractivity contribution in [3.8, 4) is 11.3 Å². The van der Waals surface area contributed by atoms with Crippen LogP contribution in [0.25, 0.3) is 22.3 Å². The second-order valence-corrected chi connectivity index (χ2v) is 17.1. The molecule has 2 aromatic heterocycles. The number of likely N-dealkylation sites (tertiary alicyclic amines) is 1. The first-order chi connectivity index (χ1) is 23.5. The molecule has 4 aliphatic heterocycles. The lowest BCUT2D eigenvalue weighted by molar-refractivity contribution is -0.125. The number of carbonyl (C=O) groups excluding carboxylic acids is 1. The zero-order chi connectivity index (χ0) is 32.4. The molecule has 2 saturated carbocycles. The van der Waals surface area contributed by atoms with Gasteiger partial charge in [-0.25, -0.2) is 9.97 Å². The topological polar surface area (TPSA) is 81.6 Å².